The van der Waals surface area contributed by atoms with Gasteiger partial charge in [0.15, 0.2) is 0 Å². The lowest BCUT2D eigenvalue weighted by Gasteiger charge is -2.28. The first-order chi connectivity index (χ1) is 11.0. The van der Waals surface area contributed by atoms with Crippen molar-refractivity contribution in [3.8, 4) is 6.07 Å². The molecule has 5 nitrogen and oxygen atoms in total. The van der Waals surface area contributed by atoms with E-state index in [1.165, 1.54) is 0 Å². The lowest BCUT2D eigenvalue weighted by Crippen LogP contribution is -2.41. The van der Waals surface area contributed by atoms with Crippen molar-refractivity contribution >= 4 is 5.91 Å². The molecule has 0 radical (unpaired) electrons. The summed E-state index contributed by atoms with van der Waals surface area (Å²) >= 11 is 0. The van der Waals surface area contributed by atoms with E-state index in [0.717, 1.165) is 31.4 Å². The van der Waals surface area contributed by atoms with Crippen LogP contribution in [0, 0.1) is 17.2 Å². The van der Waals surface area contributed by atoms with Gasteiger partial charge in [0.1, 0.15) is 0 Å². The van der Waals surface area contributed by atoms with Crippen molar-refractivity contribution in [2.75, 3.05) is 27.2 Å². The van der Waals surface area contributed by atoms with Crippen LogP contribution in [-0.4, -0.2) is 54.1 Å². The maximum Gasteiger partial charge on any atom is 0.228 e. The Morgan fingerprint density at radius 3 is 2.48 bits per heavy atom. The van der Waals surface area contributed by atoms with Crippen LogP contribution < -0.4 is 0 Å². The second-order valence-electron chi connectivity index (χ2n) is 6.48. The molecular formula is C18H25N3O2. The van der Waals surface area contributed by atoms with Crippen molar-refractivity contribution in [1.29, 1.82) is 5.26 Å². The van der Waals surface area contributed by atoms with Gasteiger partial charge < -0.3 is 14.9 Å². The van der Waals surface area contributed by atoms with E-state index in [9.17, 15) is 9.90 Å². The van der Waals surface area contributed by atoms with Crippen molar-refractivity contribution in [3.63, 3.8) is 0 Å². The number of nitrogens with zero attached hydrogens (tertiary/aromatic N) is 3. The Labute approximate surface area is 138 Å². The summed E-state index contributed by atoms with van der Waals surface area (Å²) in [6.45, 7) is 1.93. The maximum atomic E-state index is 12.8. The summed E-state index contributed by atoms with van der Waals surface area (Å²) in [6, 6.07) is 9.42. The van der Waals surface area contributed by atoms with E-state index in [1.807, 2.05) is 36.0 Å². The molecule has 1 fully saturated rings. The molecule has 1 aliphatic carbocycles. The monoisotopic (exact) mass is 315 g/mol. The zero-order valence-electron chi connectivity index (χ0n) is 13.9. The average molecular weight is 315 g/mol. The van der Waals surface area contributed by atoms with Crippen molar-refractivity contribution < 1.29 is 9.90 Å². The van der Waals surface area contributed by atoms with Crippen LogP contribution in [0.1, 0.15) is 30.4 Å². The van der Waals surface area contributed by atoms with E-state index in [0.29, 0.717) is 18.7 Å². The Morgan fingerprint density at radius 1 is 1.26 bits per heavy atom. The number of likely N-dealkylation sites (N-methyl/N-ethyl adjacent to an activating group) is 1. The highest BCUT2D eigenvalue weighted by Crippen LogP contribution is 2.27. The van der Waals surface area contributed by atoms with Gasteiger partial charge >= 0.3 is 0 Å². The number of amides is 1. The Balaban J connectivity index is 2.09. The van der Waals surface area contributed by atoms with Gasteiger partial charge in [-0.05, 0) is 51.1 Å². The van der Waals surface area contributed by atoms with Crippen molar-refractivity contribution in [2.24, 2.45) is 5.92 Å². The van der Waals surface area contributed by atoms with Crippen LogP contribution in [0.4, 0.5) is 0 Å². The average Bonchev–Trinajstić information content (AvgIpc) is 2.97. The molecule has 23 heavy (non-hydrogen) atoms. The third-order valence-corrected chi connectivity index (χ3v) is 4.38. The molecule has 2 unspecified atom stereocenters. The number of carbonyl (C=O) groups excluding carboxylic acids is 1. The third kappa shape index (κ3) is 4.78. The van der Waals surface area contributed by atoms with Gasteiger partial charge in [0.05, 0.1) is 23.7 Å². The maximum absolute atomic E-state index is 12.8. The second-order valence-corrected chi connectivity index (χ2v) is 6.48. The first-order valence-corrected chi connectivity index (χ1v) is 8.12. The Morgan fingerprint density at radius 2 is 1.96 bits per heavy atom. The number of carbonyl (C=O) groups is 1. The minimum Gasteiger partial charge on any atom is -0.392 e. The van der Waals surface area contributed by atoms with Gasteiger partial charge in [-0.3, -0.25) is 4.79 Å². The number of aliphatic hydroxyl groups is 1. The summed E-state index contributed by atoms with van der Waals surface area (Å²) in [5, 5.41) is 18.9. The van der Waals surface area contributed by atoms with Gasteiger partial charge in [-0.25, -0.2) is 0 Å². The highest BCUT2D eigenvalue weighted by molar-refractivity contribution is 5.79. The zero-order chi connectivity index (χ0) is 16.8. The predicted molar refractivity (Wildman–Crippen MR) is 88.5 cm³/mol. The Hall–Kier alpha value is -1.90. The van der Waals surface area contributed by atoms with E-state index < -0.39 is 6.10 Å². The topological polar surface area (TPSA) is 67.6 Å². The highest BCUT2D eigenvalue weighted by Gasteiger charge is 2.34. The summed E-state index contributed by atoms with van der Waals surface area (Å²) < 4.78 is 0. The summed E-state index contributed by atoms with van der Waals surface area (Å²) in [5.41, 5.74) is 1.62. The molecule has 0 aliphatic heterocycles. The summed E-state index contributed by atoms with van der Waals surface area (Å²) in [4.78, 5) is 16.7. The molecular weight excluding hydrogens is 290 g/mol. The largest absolute Gasteiger partial charge is 0.392 e. The minimum atomic E-state index is -0.509. The molecule has 1 aliphatic rings. The summed E-state index contributed by atoms with van der Waals surface area (Å²) in [7, 11) is 3.96. The third-order valence-electron chi connectivity index (χ3n) is 4.38. The lowest BCUT2D eigenvalue weighted by atomic mass is 10.0. The fourth-order valence-electron chi connectivity index (χ4n) is 2.96. The molecule has 0 spiro atoms. The van der Waals surface area contributed by atoms with Crippen LogP contribution in [0.3, 0.4) is 0 Å². The molecule has 0 bridgehead atoms. The predicted octanol–water partition coefficient (Wildman–Crippen LogP) is 1.61. The van der Waals surface area contributed by atoms with Crippen LogP contribution in [-0.2, 0) is 11.3 Å². The Bertz CT molecular complexity index is 563. The quantitative estimate of drug-likeness (QED) is 0.866. The smallest absolute Gasteiger partial charge is 0.228 e. The number of rotatable bonds is 6. The number of benzene rings is 1. The standard InChI is InChI=1S/C18H25N3O2/c1-20(2)10-11-21(18(23)16-4-3-5-17(16)22)13-15-8-6-14(12-19)7-9-15/h6-9,16-17,22H,3-5,10-11,13H2,1-2H3. The molecule has 0 saturated heterocycles. The van der Waals surface area contributed by atoms with Crippen molar-refractivity contribution in [3.05, 3.63) is 35.4 Å². The molecule has 5 heteroatoms. The number of hydrogen-bond acceptors (Lipinski definition) is 4. The fraction of sp³-hybridized carbons (Fsp3) is 0.556. The highest BCUT2D eigenvalue weighted by atomic mass is 16.3. The van der Waals surface area contributed by atoms with Gasteiger partial charge in [-0.15, -0.1) is 0 Å². The molecule has 2 rings (SSSR count). The van der Waals surface area contributed by atoms with E-state index in [2.05, 4.69) is 6.07 Å². The van der Waals surface area contributed by atoms with Crippen LogP contribution in [0.5, 0.6) is 0 Å². The van der Waals surface area contributed by atoms with Gasteiger partial charge in [-0.2, -0.15) is 5.26 Å². The van der Waals surface area contributed by atoms with E-state index >= 15 is 0 Å². The number of nitriles is 1. The molecule has 1 saturated carbocycles. The molecule has 1 amide bonds. The first kappa shape index (κ1) is 17.5. The lowest BCUT2D eigenvalue weighted by molar-refractivity contribution is -0.139. The fourth-order valence-corrected chi connectivity index (χ4v) is 2.96. The van der Waals surface area contributed by atoms with Gasteiger partial charge in [0, 0.05) is 19.6 Å². The van der Waals surface area contributed by atoms with E-state index in [-0.39, 0.29) is 11.8 Å². The van der Waals surface area contributed by atoms with Crippen LogP contribution in [0.2, 0.25) is 0 Å². The molecule has 2 atom stereocenters. The second kappa shape index (κ2) is 8.09. The molecule has 1 N–H and O–H groups in total. The number of hydrogen-bond donors (Lipinski definition) is 1. The summed E-state index contributed by atoms with van der Waals surface area (Å²) in [5.74, 6) is -0.225. The van der Waals surface area contributed by atoms with Gasteiger partial charge in [-0.1, -0.05) is 12.1 Å². The molecule has 1 aromatic carbocycles. The summed E-state index contributed by atoms with van der Waals surface area (Å²) in [6.07, 6.45) is 1.89. The molecule has 0 heterocycles. The zero-order valence-corrected chi connectivity index (χ0v) is 13.9. The molecule has 1 aromatic rings. The molecule has 0 aromatic heterocycles. The van der Waals surface area contributed by atoms with Gasteiger partial charge in [0.2, 0.25) is 5.91 Å². The number of aliphatic hydroxyl groups excluding tert-OH is 1. The van der Waals surface area contributed by atoms with E-state index in [4.69, 9.17) is 5.26 Å². The normalized spacial score (nSPS) is 20.5. The van der Waals surface area contributed by atoms with Crippen LogP contribution >= 0.6 is 0 Å². The SMILES string of the molecule is CN(C)CCN(Cc1ccc(C#N)cc1)C(=O)C1CCCC1O. The van der Waals surface area contributed by atoms with Crippen molar-refractivity contribution in [2.45, 2.75) is 31.9 Å². The van der Waals surface area contributed by atoms with Crippen LogP contribution in [0.25, 0.3) is 0 Å². The molecule has 124 valence electrons. The Kier molecular flexibility index (Phi) is 6.14. The van der Waals surface area contributed by atoms with Gasteiger partial charge in [0.25, 0.3) is 0 Å². The van der Waals surface area contributed by atoms with Crippen LogP contribution in [0.15, 0.2) is 24.3 Å². The van der Waals surface area contributed by atoms with E-state index in [1.54, 1.807) is 12.1 Å². The van der Waals surface area contributed by atoms with Crippen molar-refractivity contribution in [1.82, 2.24) is 9.80 Å². The minimum absolute atomic E-state index is 0.0428. The first-order valence-electron chi connectivity index (χ1n) is 8.12.